The van der Waals surface area contributed by atoms with Crippen LogP contribution in [0.1, 0.15) is 25.7 Å². The number of morpholine rings is 1. The molecule has 3 fully saturated rings. The third kappa shape index (κ3) is 3.51. The van der Waals surface area contributed by atoms with Gasteiger partial charge in [-0.05, 0) is 43.9 Å². The quantitative estimate of drug-likeness (QED) is 0.822. The van der Waals surface area contributed by atoms with Crippen LogP contribution in [0, 0.1) is 5.82 Å². The Morgan fingerprint density at radius 1 is 1.20 bits per heavy atom. The molecular weight excluding hydrogens is 323 g/mol. The molecule has 3 saturated heterocycles. The summed E-state index contributed by atoms with van der Waals surface area (Å²) in [4.78, 5) is 16.8. The molecule has 1 spiro atoms. The number of nitrogens with zero attached hydrogens (tertiary/aromatic N) is 2. The van der Waals surface area contributed by atoms with E-state index in [0.717, 1.165) is 37.9 Å². The highest BCUT2D eigenvalue weighted by molar-refractivity contribution is 5.81. The van der Waals surface area contributed by atoms with E-state index in [1.807, 2.05) is 11.0 Å². The summed E-state index contributed by atoms with van der Waals surface area (Å²) < 4.78 is 25.3. The van der Waals surface area contributed by atoms with Crippen LogP contribution in [-0.2, 0) is 14.3 Å². The smallest absolute Gasteiger partial charge is 0.251 e. The van der Waals surface area contributed by atoms with Crippen molar-refractivity contribution in [3.8, 4) is 0 Å². The van der Waals surface area contributed by atoms with Crippen LogP contribution in [0.15, 0.2) is 24.3 Å². The largest absolute Gasteiger partial charge is 0.369 e. The van der Waals surface area contributed by atoms with Crippen LogP contribution in [0.2, 0.25) is 0 Å². The number of carbonyl (C=O) groups excluding carboxylic acids is 1. The highest BCUT2D eigenvalue weighted by atomic mass is 19.1. The SMILES string of the molecule is O=C([C@H]1CCCO1)N1CCO[C@@]2(CCCN(c3cccc(F)c3)C2)C1. The summed E-state index contributed by atoms with van der Waals surface area (Å²) in [5.41, 5.74) is 0.516. The highest BCUT2D eigenvalue weighted by Gasteiger charge is 2.43. The second-order valence-corrected chi connectivity index (χ2v) is 7.30. The molecule has 0 unspecified atom stereocenters. The molecule has 0 aromatic heterocycles. The molecule has 0 N–H and O–H groups in total. The number of anilines is 1. The predicted molar refractivity (Wildman–Crippen MR) is 92.1 cm³/mol. The van der Waals surface area contributed by atoms with E-state index in [1.165, 1.54) is 6.07 Å². The van der Waals surface area contributed by atoms with E-state index in [1.54, 1.807) is 12.1 Å². The maximum Gasteiger partial charge on any atom is 0.251 e. The molecular formula is C19H25FN2O3. The molecule has 2 atom stereocenters. The monoisotopic (exact) mass is 348 g/mol. The van der Waals surface area contributed by atoms with E-state index in [-0.39, 0.29) is 23.4 Å². The molecule has 0 radical (unpaired) electrons. The summed E-state index contributed by atoms with van der Waals surface area (Å²) >= 11 is 0. The van der Waals surface area contributed by atoms with Crippen LogP contribution >= 0.6 is 0 Å². The zero-order valence-electron chi connectivity index (χ0n) is 14.5. The fourth-order valence-electron chi connectivity index (χ4n) is 4.25. The van der Waals surface area contributed by atoms with Gasteiger partial charge in [-0.3, -0.25) is 4.79 Å². The number of hydrogen-bond acceptors (Lipinski definition) is 4. The van der Waals surface area contributed by atoms with Crippen LogP contribution in [0.4, 0.5) is 10.1 Å². The normalized spacial score (nSPS) is 30.0. The van der Waals surface area contributed by atoms with Crippen LogP contribution in [0.3, 0.4) is 0 Å². The molecule has 1 amide bonds. The number of piperidine rings is 1. The fourth-order valence-corrected chi connectivity index (χ4v) is 4.25. The Morgan fingerprint density at radius 2 is 2.12 bits per heavy atom. The van der Waals surface area contributed by atoms with Gasteiger partial charge in [-0.1, -0.05) is 6.07 Å². The number of carbonyl (C=O) groups is 1. The zero-order chi connectivity index (χ0) is 17.3. The van der Waals surface area contributed by atoms with Gasteiger partial charge in [0.1, 0.15) is 17.5 Å². The molecule has 25 heavy (non-hydrogen) atoms. The van der Waals surface area contributed by atoms with Crippen molar-refractivity contribution in [1.29, 1.82) is 0 Å². The fraction of sp³-hybridized carbons (Fsp3) is 0.632. The van der Waals surface area contributed by atoms with E-state index in [0.29, 0.717) is 32.8 Å². The first-order valence-electron chi connectivity index (χ1n) is 9.20. The van der Waals surface area contributed by atoms with E-state index in [4.69, 9.17) is 9.47 Å². The van der Waals surface area contributed by atoms with E-state index in [9.17, 15) is 9.18 Å². The van der Waals surface area contributed by atoms with Crippen molar-refractivity contribution in [2.75, 3.05) is 44.3 Å². The lowest BCUT2D eigenvalue weighted by Gasteiger charge is -2.48. The number of amides is 1. The lowest BCUT2D eigenvalue weighted by atomic mass is 9.90. The van der Waals surface area contributed by atoms with Crippen molar-refractivity contribution in [2.24, 2.45) is 0 Å². The van der Waals surface area contributed by atoms with Crippen LogP contribution < -0.4 is 4.90 Å². The molecule has 136 valence electrons. The van der Waals surface area contributed by atoms with Crippen molar-refractivity contribution in [3.05, 3.63) is 30.1 Å². The zero-order valence-corrected chi connectivity index (χ0v) is 14.5. The van der Waals surface area contributed by atoms with Gasteiger partial charge in [-0.15, -0.1) is 0 Å². The summed E-state index contributed by atoms with van der Waals surface area (Å²) in [7, 11) is 0. The average molecular weight is 348 g/mol. The lowest BCUT2D eigenvalue weighted by molar-refractivity contribution is -0.160. The summed E-state index contributed by atoms with van der Waals surface area (Å²) in [6.07, 6.45) is 3.39. The first kappa shape index (κ1) is 16.8. The predicted octanol–water partition coefficient (Wildman–Crippen LogP) is 2.20. The summed E-state index contributed by atoms with van der Waals surface area (Å²) in [6.45, 7) is 4.02. The van der Waals surface area contributed by atoms with E-state index >= 15 is 0 Å². The molecule has 3 aliphatic rings. The van der Waals surface area contributed by atoms with Gasteiger partial charge in [0.2, 0.25) is 0 Å². The standard InChI is InChI=1S/C19H25FN2O3/c20-15-4-1-5-16(12-15)21-8-3-7-19(13-21)14-22(9-11-25-19)18(23)17-6-2-10-24-17/h1,4-5,12,17H,2-3,6-11,13-14H2/t17-,19-/m1/s1. The minimum atomic E-state index is -0.364. The van der Waals surface area contributed by atoms with Crippen molar-refractivity contribution in [1.82, 2.24) is 4.90 Å². The number of benzene rings is 1. The van der Waals surface area contributed by atoms with Gasteiger partial charge in [0.05, 0.1) is 13.2 Å². The Morgan fingerprint density at radius 3 is 2.92 bits per heavy atom. The Labute approximate surface area is 147 Å². The van der Waals surface area contributed by atoms with Gasteiger partial charge < -0.3 is 19.3 Å². The molecule has 1 aromatic carbocycles. The number of ether oxygens (including phenoxy) is 2. The third-order valence-electron chi connectivity index (χ3n) is 5.48. The Kier molecular flexibility index (Phi) is 4.65. The molecule has 1 aromatic rings. The van der Waals surface area contributed by atoms with Gasteiger partial charge in [0.25, 0.3) is 5.91 Å². The van der Waals surface area contributed by atoms with E-state index < -0.39 is 0 Å². The Balaban J connectivity index is 1.47. The molecule has 0 bridgehead atoms. The topological polar surface area (TPSA) is 42.0 Å². The van der Waals surface area contributed by atoms with Crippen molar-refractivity contribution < 1.29 is 18.7 Å². The second kappa shape index (κ2) is 6.92. The Hall–Kier alpha value is -1.66. The van der Waals surface area contributed by atoms with Gasteiger partial charge in [-0.25, -0.2) is 4.39 Å². The number of halogens is 1. The van der Waals surface area contributed by atoms with Crippen LogP contribution in [0.25, 0.3) is 0 Å². The molecule has 4 rings (SSSR count). The minimum absolute atomic E-state index is 0.100. The summed E-state index contributed by atoms with van der Waals surface area (Å²) in [6, 6.07) is 6.70. The summed E-state index contributed by atoms with van der Waals surface area (Å²) in [5.74, 6) is -0.125. The summed E-state index contributed by atoms with van der Waals surface area (Å²) in [5, 5.41) is 0. The molecule has 3 heterocycles. The molecule has 3 aliphatic heterocycles. The minimum Gasteiger partial charge on any atom is -0.369 e. The molecule has 6 heteroatoms. The van der Waals surface area contributed by atoms with E-state index in [2.05, 4.69) is 4.90 Å². The van der Waals surface area contributed by atoms with Gasteiger partial charge in [0.15, 0.2) is 0 Å². The maximum absolute atomic E-state index is 13.6. The lowest BCUT2D eigenvalue weighted by Crippen LogP contribution is -2.61. The van der Waals surface area contributed by atoms with Crippen molar-refractivity contribution >= 4 is 11.6 Å². The number of hydrogen-bond donors (Lipinski definition) is 0. The Bertz CT molecular complexity index is 631. The molecule has 5 nitrogen and oxygen atoms in total. The first-order chi connectivity index (χ1) is 12.2. The number of rotatable bonds is 2. The van der Waals surface area contributed by atoms with Gasteiger partial charge >= 0.3 is 0 Å². The third-order valence-corrected chi connectivity index (χ3v) is 5.48. The second-order valence-electron chi connectivity index (χ2n) is 7.30. The van der Waals surface area contributed by atoms with Crippen molar-refractivity contribution in [3.63, 3.8) is 0 Å². The average Bonchev–Trinajstić information content (AvgIpc) is 3.16. The van der Waals surface area contributed by atoms with Crippen molar-refractivity contribution in [2.45, 2.75) is 37.4 Å². The molecule has 0 aliphatic carbocycles. The highest BCUT2D eigenvalue weighted by Crippen LogP contribution is 2.32. The van der Waals surface area contributed by atoms with Crippen LogP contribution in [-0.4, -0.2) is 61.9 Å². The maximum atomic E-state index is 13.6. The van der Waals surface area contributed by atoms with Crippen LogP contribution in [0.5, 0.6) is 0 Å². The first-order valence-corrected chi connectivity index (χ1v) is 9.20. The molecule has 0 saturated carbocycles. The van der Waals surface area contributed by atoms with Gasteiger partial charge in [0, 0.05) is 31.9 Å². The van der Waals surface area contributed by atoms with Gasteiger partial charge in [-0.2, -0.15) is 0 Å².